The van der Waals surface area contributed by atoms with Gasteiger partial charge < -0.3 is 14.8 Å². The fraction of sp³-hybridized carbons (Fsp3) is 0.750. The molecule has 17 heavy (non-hydrogen) atoms. The summed E-state index contributed by atoms with van der Waals surface area (Å²) in [7, 11) is 3.58. The van der Waals surface area contributed by atoms with Gasteiger partial charge in [0.2, 0.25) is 5.88 Å². The second-order valence-electron chi connectivity index (χ2n) is 4.55. The van der Waals surface area contributed by atoms with E-state index < -0.39 is 0 Å². The summed E-state index contributed by atoms with van der Waals surface area (Å²) in [6.07, 6.45) is 1.36. The molecule has 1 N–H and O–H groups in total. The second-order valence-corrected chi connectivity index (χ2v) is 4.55. The van der Waals surface area contributed by atoms with E-state index in [1.165, 1.54) is 0 Å². The van der Waals surface area contributed by atoms with Gasteiger partial charge in [-0.05, 0) is 20.3 Å². The van der Waals surface area contributed by atoms with E-state index in [1.807, 2.05) is 14.0 Å². The molecule has 0 aliphatic carbocycles. The van der Waals surface area contributed by atoms with Crippen molar-refractivity contribution in [3.05, 3.63) is 11.3 Å². The molecule has 0 aromatic carbocycles. The number of nitrogens with one attached hydrogen (secondary N) is 1. The van der Waals surface area contributed by atoms with Crippen LogP contribution in [0.3, 0.4) is 0 Å². The third kappa shape index (κ3) is 2.45. The third-order valence-corrected chi connectivity index (χ3v) is 3.40. The number of aromatic nitrogens is 2. The third-order valence-electron chi connectivity index (χ3n) is 3.40. The smallest absolute Gasteiger partial charge is 0.216 e. The largest absolute Gasteiger partial charge is 0.481 e. The molecule has 5 heteroatoms. The molecule has 0 radical (unpaired) electrons. The zero-order valence-corrected chi connectivity index (χ0v) is 11.0. The van der Waals surface area contributed by atoms with E-state index in [0.29, 0.717) is 6.04 Å². The molecule has 1 aromatic rings. The maximum Gasteiger partial charge on any atom is 0.216 e. The van der Waals surface area contributed by atoms with Crippen molar-refractivity contribution >= 4 is 0 Å². The van der Waals surface area contributed by atoms with E-state index in [9.17, 15) is 0 Å². The molecule has 1 aliphatic rings. The average molecular weight is 239 g/mol. The Hall–Kier alpha value is -1.07. The van der Waals surface area contributed by atoms with Gasteiger partial charge in [0.05, 0.1) is 24.5 Å². The van der Waals surface area contributed by atoms with Crippen LogP contribution in [0.25, 0.3) is 0 Å². The summed E-state index contributed by atoms with van der Waals surface area (Å²) in [6, 6.07) is 0.430. The van der Waals surface area contributed by atoms with Gasteiger partial charge in [-0.2, -0.15) is 5.10 Å². The van der Waals surface area contributed by atoms with Crippen LogP contribution < -0.4 is 10.1 Å². The van der Waals surface area contributed by atoms with Crippen molar-refractivity contribution in [1.82, 2.24) is 15.1 Å². The van der Waals surface area contributed by atoms with Gasteiger partial charge in [0.15, 0.2) is 0 Å². The Morgan fingerprint density at radius 2 is 2.35 bits per heavy atom. The quantitative estimate of drug-likeness (QED) is 0.851. The standard InChI is InChI=1S/C12H21N3O2/c1-8-10(12(16-4)15(3)14-8)7-13-11-5-6-17-9(11)2/h9,11,13H,5-7H2,1-4H3. The van der Waals surface area contributed by atoms with Crippen LogP contribution in [0, 0.1) is 6.92 Å². The van der Waals surface area contributed by atoms with E-state index in [4.69, 9.17) is 9.47 Å². The Kier molecular flexibility index (Phi) is 3.69. The topological polar surface area (TPSA) is 48.3 Å². The minimum Gasteiger partial charge on any atom is -0.481 e. The predicted molar refractivity (Wildman–Crippen MR) is 65.2 cm³/mol. The van der Waals surface area contributed by atoms with Gasteiger partial charge in [-0.1, -0.05) is 0 Å². The van der Waals surface area contributed by atoms with Gasteiger partial charge in [-0.15, -0.1) is 0 Å². The van der Waals surface area contributed by atoms with E-state index >= 15 is 0 Å². The summed E-state index contributed by atoms with van der Waals surface area (Å²) in [4.78, 5) is 0. The first kappa shape index (κ1) is 12.4. The van der Waals surface area contributed by atoms with E-state index in [-0.39, 0.29) is 6.10 Å². The fourth-order valence-corrected chi connectivity index (χ4v) is 2.37. The van der Waals surface area contributed by atoms with Crippen LogP contribution in [-0.4, -0.2) is 35.6 Å². The predicted octanol–water partition coefficient (Wildman–Crippen LogP) is 1.00. The highest BCUT2D eigenvalue weighted by atomic mass is 16.5. The van der Waals surface area contributed by atoms with Crippen molar-refractivity contribution in [3.8, 4) is 5.88 Å². The molecule has 0 amide bonds. The van der Waals surface area contributed by atoms with Gasteiger partial charge in [0.1, 0.15) is 0 Å². The van der Waals surface area contributed by atoms with Crippen LogP contribution in [0.15, 0.2) is 0 Å². The lowest BCUT2D eigenvalue weighted by molar-refractivity contribution is 0.113. The Morgan fingerprint density at radius 3 is 2.94 bits per heavy atom. The van der Waals surface area contributed by atoms with Crippen molar-refractivity contribution < 1.29 is 9.47 Å². The molecule has 1 fully saturated rings. The Bertz CT molecular complexity index is 389. The molecule has 2 atom stereocenters. The zero-order valence-electron chi connectivity index (χ0n) is 11.0. The second kappa shape index (κ2) is 5.06. The number of aryl methyl sites for hydroxylation is 2. The molecule has 2 unspecified atom stereocenters. The van der Waals surface area contributed by atoms with Gasteiger partial charge in [-0.3, -0.25) is 0 Å². The number of nitrogens with zero attached hydrogens (tertiary/aromatic N) is 2. The molecule has 1 saturated heterocycles. The lowest BCUT2D eigenvalue weighted by atomic mass is 10.1. The van der Waals surface area contributed by atoms with Crippen LogP contribution >= 0.6 is 0 Å². The molecule has 0 saturated carbocycles. The Labute approximate surface area is 102 Å². The Morgan fingerprint density at radius 1 is 1.59 bits per heavy atom. The van der Waals surface area contributed by atoms with Crippen molar-refractivity contribution in [2.45, 2.75) is 39.0 Å². The van der Waals surface area contributed by atoms with E-state index in [2.05, 4.69) is 17.3 Å². The lowest BCUT2D eigenvalue weighted by Gasteiger charge is -2.16. The van der Waals surface area contributed by atoms with Gasteiger partial charge in [0, 0.05) is 26.2 Å². The molecule has 0 bridgehead atoms. The maximum atomic E-state index is 5.53. The van der Waals surface area contributed by atoms with Crippen LogP contribution in [-0.2, 0) is 18.3 Å². The van der Waals surface area contributed by atoms with Crippen LogP contribution in [0.2, 0.25) is 0 Å². The monoisotopic (exact) mass is 239 g/mol. The molecule has 5 nitrogen and oxygen atoms in total. The first-order chi connectivity index (χ1) is 8.13. The molecule has 0 spiro atoms. The van der Waals surface area contributed by atoms with Crippen LogP contribution in [0.4, 0.5) is 0 Å². The molecular formula is C12H21N3O2. The van der Waals surface area contributed by atoms with Gasteiger partial charge >= 0.3 is 0 Å². The highest BCUT2D eigenvalue weighted by Gasteiger charge is 2.24. The molecule has 96 valence electrons. The molecule has 1 aliphatic heterocycles. The van der Waals surface area contributed by atoms with Crippen molar-refractivity contribution in [1.29, 1.82) is 0 Å². The number of ether oxygens (including phenoxy) is 2. The number of rotatable bonds is 4. The fourth-order valence-electron chi connectivity index (χ4n) is 2.37. The molecule has 1 aromatic heterocycles. The first-order valence-corrected chi connectivity index (χ1v) is 6.05. The number of hydrogen-bond acceptors (Lipinski definition) is 4. The van der Waals surface area contributed by atoms with E-state index in [0.717, 1.165) is 36.7 Å². The highest BCUT2D eigenvalue weighted by molar-refractivity contribution is 5.30. The first-order valence-electron chi connectivity index (χ1n) is 6.05. The van der Waals surface area contributed by atoms with Crippen molar-refractivity contribution in [2.24, 2.45) is 7.05 Å². The Balaban J connectivity index is 2.03. The summed E-state index contributed by atoms with van der Waals surface area (Å²) in [5.41, 5.74) is 2.15. The van der Waals surface area contributed by atoms with Gasteiger partial charge in [0.25, 0.3) is 0 Å². The van der Waals surface area contributed by atoms with E-state index in [1.54, 1.807) is 11.8 Å². The summed E-state index contributed by atoms with van der Waals surface area (Å²) >= 11 is 0. The molecule has 2 heterocycles. The minimum atomic E-state index is 0.290. The SMILES string of the molecule is COc1c(CNC2CCOC2C)c(C)nn1C. The number of methoxy groups -OCH3 is 1. The lowest BCUT2D eigenvalue weighted by Crippen LogP contribution is -2.34. The average Bonchev–Trinajstić information content (AvgIpc) is 2.80. The molecule has 2 rings (SSSR count). The molecular weight excluding hydrogens is 218 g/mol. The maximum absolute atomic E-state index is 5.53. The summed E-state index contributed by atoms with van der Waals surface area (Å²) in [6.45, 7) is 5.75. The van der Waals surface area contributed by atoms with Gasteiger partial charge in [-0.25, -0.2) is 4.68 Å². The van der Waals surface area contributed by atoms with Crippen molar-refractivity contribution in [2.75, 3.05) is 13.7 Å². The highest BCUT2D eigenvalue weighted by Crippen LogP contribution is 2.21. The summed E-state index contributed by atoms with van der Waals surface area (Å²) in [5.74, 6) is 0.835. The zero-order chi connectivity index (χ0) is 12.4. The normalized spacial score (nSPS) is 24.2. The van der Waals surface area contributed by atoms with Crippen LogP contribution in [0.1, 0.15) is 24.6 Å². The van der Waals surface area contributed by atoms with Crippen LogP contribution in [0.5, 0.6) is 5.88 Å². The number of hydrogen-bond donors (Lipinski definition) is 1. The van der Waals surface area contributed by atoms with Crippen molar-refractivity contribution in [3.63, 3.8) is 0 Å². The minimum absolute atomic E-state index is 0.290. The summed E-state index contributed by atoms with van der Waals surface area (Å²) in [5, 5.41) is 7.88. The summed E-state index contributed by atoms with van der Waals surface area (Å²) < 4.78 is 12.7.